The second-order valence-corrected chi connectivity index (χ2v) is 5.92. The van der Waals surface area contributed by atoms with Crippen LogP contribution in [0.1, 0.15) is 52.9 Å². The lowest BCUT2D eigenvalue weighted by Crippen LogP contribution is -2.27. The van der Waals surface area contributed by atoms with E-state index in [9.17, 15) is 0 Å². The third kappa shape index (κ3) is 3.56. The molecule has 0 aliphatic rings. The average molecular weight is 237 g/mol. The molecule has 0 aliphatic carbocycles. The van der Waals surface area contributed by atoms with Gasteiger partial charge in [0, 0.05) is 18.9 Å². The molecular weight excluding hydrogens is 210 g/mol. The zero-order valence-electron chi connectivity index (χ0n) is 12.1. The Kier molecular flexibility index (Phi) is 4.75. The van der Waals surface area contributed by atoms with Crippen molar-refractivity contribution >= 4 is 0 Å². The Morgan fingerprint density at radius 3 is 2.53 bits per heavy atom. The number of imidazole rings is 1. The molecule has 0 fully saturated rings. The molecule has 0 amide bonds. The molecule has 1 aromatic heterocycles. The molecule has 0 saturated heterocycles. The first-order chi connectivity index (χ1) is 7.90. The van der Waals surface area contributed by atoms with E-state index in [1.807, 2.05) is 13.2 Å². The Hall–Kier alpha value is -0.830. The molecule has 1 heterocycles. The summed E-state index contributed by atoms with van der Waals surface area (Å²) in [7, 11) is 2.02. The summed E-state index contributed by atoms with van der Waals surface area (Å²) in [5.41, 5.74) is 0.346. The van der Waals surface area contributed by atoms with E-state index in [-0.39, 0.29) is 0 Å². The third-order valence-electron chi connectivity index (χ3n) is 3.82. The van der Waals surface area contributed by atoms with Gasteiger partial charge in [0.25, 0.3) is 0 Å². The quantitative estimate of drug-likeness (QED) is 0.852. The van der Waals surface area contributed by atoms with Gasteiger partial charge in [0.2, 0.25) is 0 Å². The minimum atomic E-state index is 0.346. The highest BCUT2D eigenvalue weighted by Crippen LogP contribution is 2.32. The topological polar surface area (TPSA) is 29.9 Å². The third-order valence-corrected chi connectivity index (χ3v) is 3.82. The molecule has 3 nitrogen and oxygen atoms in total. The SMILES string of the molecule is CCn1ccnc1C(CC(C)C(C)(C)C)NC. The molecule has 1 rings (SSSR count). The van der Waals surface area contributed by atoms with Gasteiger partial charge < -0.3 is 9.88 Å². The van der Waals surface area contributed by atoms with Crippen molar-refractivity contribution in [1.82, 2.24) is 14.9 Å². The predicted molar refractivity (Wildman–Crippen MR) is 72.9 cm³/mol. The summed E-state index contributed by atoms with van der Waals surface area (Å²) >= 11 is 0. The highest BCUT2D eigenvalue weighted by molar-refractivity contribution is 5.00. The fourth-order valence-electron chi connectivity index (χ4n) is 1.96. The van der Waals surface area contributed by atoms with Crippen LogP contribution < -0.4 is 5.32 Å². The summed E-state index contributed by atoms with van der Waals surface area (Å²) in [6.07, 6.45) is 5.07. The van der Waals surface area contributed by atoms with E-state index < -0.39 is 0 Å². The number of aromatic nitrogens is 2. The Morgan fingerprint density at radius 2 is 2.06 bits per heavy atom. The van der Waals surface area contributed by atoms with E-state index >= 15 is 0 Å². The maximum Gasteiger partial charge on any atom is 0.125 e. The summed E-state index contributed by atoms with van der Waals surface area (Å²) in [5.74, 6) is 1.81. The molecule has 0 radical (unpaired) electrons. The zero-order valence-corrected chi connectivity index (χ0v) is 12.1. The van der Waals surface area contributed by atoms with Crippen molar-refractivity contribution in [1.29, 1.82) is 0 Å². The number of rotatable bonds is 5. The van der Waals surface area contributed by atoms with Gasteiger partial charge in [-0.1, -0.05) is 27.7 Å². The van der Waals surface area contributed by atoms with Gasteiger partial charge in [0.05, 0.1) is 6.04 Å². The maximum absolute atomic E-state index is 4.49. The number of hydrogen-bond donors (Lipinski definition) is 1. The predicted octanol–water partition coefficient (Wildman–Crippen LogP) is 3.24. The van der Waals surface area contributed by atoms with Crippen LogP contribution in [-0.4, -0.2) is 16.6 Å². The van der Waals surface area contributed by atoms with Gasteiger partial charge in [-0.05, 0) is 31.7 Å². The fraction of sp³-hybridized carbons (Fsp3) is 0.786. The van der Waals surface area contributed by atoms with Crippen LogP contribution in [0.2, 0.25) is 0 Å². The van der Waals surface area contributed by atoms with Crippen molar-refractivity contribution in [3.63, 3.8) is 0 Å². The molecule has 0 aromatic carbocycles. The molecule has 2 atom stereocenters. The summed E-state index contributed by atoms with van der Waals surface area (Å²) in [4.78, 5) is 4.49. The monoisotopic (exact) mass is 237 g/mol. The Balaban J connectivity index is 2.79. The van der Waals surface area contributed by atoms with Crippen molar-refractivity contribution in [2.24, 2.45) is 11.3 Å². The second-order valence-electron chi connectivity index (χ2n) is 5.92. The molecule has 98 valence electrons. The van der Waals surface area contributed by atoms with E-state index in [2.05, 4.69) is 55.7 Å². The van der Waals surface area contributed by atoms with Crippen molar-refractivity contribution in [3.8, 4) is 0 Å². The van der Waals surface area contributed by atoms with Gasteiger partial charge in [-0.15, -0.1) is 0 Å². The van der Waals surface area contributed by atoms with Gasteiger partial charge >= 0.3 is 0 Å². The van der Waals surface area contributed by atoms with E-state index in [4.69, 9.17) is 0 Å². The Morgan fingerprint density at radius 1 is 1.41 bits per heavy atom. The van der Waals surface area contributed by atoms with Gasteiger partial charge in [-0.25, -0.2) is 4.98 Å². The fourth-order valence-corrected chi connectivity index (χ4v) is 1.96. The molecule has 17 heavy (non-hydrogen) atoms. The van der Waals surface area contributed by atoms with Crippen LogP contribution in [0.25, 0.3) is 0 Å². The first-order valence-corrected chi connectivity index (χ1v) is 6.58. The van der Waals surface area contributed by atoms with Crippen LogP contribution in [0.3, 0.4) is 0 Å². The summed E-state index contributed by atoms with van der Waals surface area (Å²) in [6, 6.07) is 0.346. The van der Waals surface area contributed by atoms with Crippen molar-refractivity contribution in [3.05, 3.63) is 18.2 Å². The smallest absolute Gasteiger partial charge is 0.125 e. The van der Waals surface area contributed by atoms with Crippen molar-refractivity contribution in [2.75, 3.05) is 7.05 Å². The van der Waals surface area contributed by atoms with Gasteiger partial charge in [0.1, 0.15) is 5.82 Å². The van der Waals surface area contributed by atoms with E-state index in [0.29, 0.717) is 17.4 Å². The van der Waals surface area contributed by atoms with Gasteiger partial charge in [0.15, 0.2) is 0 Å². The van der Waals surface area contributed by atoms with Gasteiger partial charge in [-0.3, -0.25) is 0 Å². The highest BCUT2D eigenvalue weighted by atomic mass is 15.1. The molecule has 2 unspecified atom stereocenters. The second kappa shape index (κ2) is 5.67. The standard InChI is InChI=1S/C14H27N3/c1-7-17-9-8-16-13(17)12(15-6)10-11(2)14(3,4)5/h8-9,11-12,15H,7,10H2,1-6H3. The van der Waals surface area contributed by atoms with Crippen LogP contribution in [0, 0.1) is 11.3 Å². The first-order valence-electron chi connectivity index (χ1n) is 6.58. The minimum Gasteiger partial charge on any atom is -0.334 e. The molecule has 1 aromatic rings. The van der Waals surface area contributed by atoms with Crippen LogP contribution >= 0.6 is 0 Å². The molecular formula is C14H27N3. The lowest BCUT2D eigenvalue weighted by Gasteiger charge is -2.30. The van der Waals surface area contributed by atoms with E-state index in [1.165, 1.54) is 0 Å². The lowest BCUT2D eigenvalue weighted by molar-refractivity contribution is 0.222. The normalized spacial score (nSPS) is 15.9. The highest BCUT2D eigenvalue weighted by Gasteiger charge is 2.25. The lowest BCUT2D eigenvalue weighted by atomic mass is 9.78. The number of nitrogens with zero attached hydrogens (tertiary/aromatic N) is 2. The maximum atomic E-state index is 4.49. The molecule has 1 N–H and O–H groups in total. The summed E-state index contributed by atoms with van der Waals surface area (Å²) < 4.78 is 2.22. The molecule has 0 spiro atoms. The summed E-state index contributed by atoms with van der Waals surface area (Å²) in [6.45, 7) is 12.4. The Bertz CT molecular complexity index is 335. The zero-order chi connectivity index (χ0) is 13.1. The van der Waals surface area contributed by atoms with E-state index in [1.54, 1.807) is 0 Å². The first kappa shape index (κ1) is 14.2. The van der Waals surface area contributed by atoms with Crippen molar-refractivity contribution < 1.29 is 0 Å². The van der Waals surface area contributed by atoms with Crippen LogP contribution in [0.5, 0.6) is 0 Å². The average Bonchev–Trinajstić information content (AvgIpc) is 2.71. The Labute approximate surface area is 106 Å². The van der Waals surface area contributed by atoms with Crippen LogP contribution in [0.15, 0.2) is 12.4 Å². The minimum absolute atomic E-state index is 0.346. The molecule has 0 bridgehead atoms. The van der Waals surface area contributed by atoms with Crippen LogP contribution in [0.4, 0.5) is 0 Å². The number of nitrogens with one attached hydrogen (secondary N) is 1. The number of aryl methyl sites for hydroxylation is 1. The largest absolute Gasteiger partial charge is 0.334 e. The van der Waals surface area contributed by atoms with E-state index in [0.717, 1.165) is 18.8 Å². The van der Waals surface area contributed by atoms with Crippen LogP contribution in [-0.2, 0) is 6.54 Å². The van der Waals surface area contributed by atoms with Crippen molar-refractivity contribution in [2.45, 2.75) is 53.6 Å². The molecule has 0 aliphatic heterocycles. The molecule has 0 saturated carbocycles. The van der Waals surface area contributed by atoms with Gasteiger partial charge in [-0.2, -0.15) is 0 Å². The molecule has 3 heteroatoms. The number of hydrogen-bond acceptors (Lipinski definition) is 2. The summed E-state index contributed by atoms with van der Waals surface area (Å²) in [5, 5.41) is 3.40.